The van der Waals surface area contributed by atoms with Gasteiger partial charge in [0.25, 0.3) is 0 Å². The van der Waals surface area contributed by atoms with Crippen LogP contribution in [0.1, 0.15) is 32.6 Å². The molecule has 3 nitrogen and oxygen atoms in total. The zero-order valence-electron chi connectivity index (χ0n) is 8.07. The Morgan fingerprint density at radius 1 is 1.23 bits per heavy atom. The Labute approximate surface area is 80.2 Å². The van der Waals surface area contributed by atoms with E-state index >= 15 is 0 Å². The van der Waals surface area contributed by atoms with E-state index in [1.54, 1.807) is 4.31 Å². The van der Waals surface area contributed by atoms with Crippen LogP contribution in [0.5, 0.6) is 0 Å². The smallest absolute Gasteiger partial charge is 0.212 e. The van der Waals surface area contributed by atoms with E-state index in [0.717, 1.165) is 32.4 Å². The summed E-state index contributed by atoms with van der Waals surface area (Å²) in [5.41, 5.74) is 0. The number of hydrogen-bond donors (Lipinski definition) is 0. The standard InChI is InChI=1S/C9H17NO2S/c1-8-3-2-6-10(7-8)13(11,12)9-4-5-9/h8-9H,2-7H2,1H3/t8-/m1/s1. The molecule has 1 heterocycles. The molecule has 76 valence electrons. The van der Waals surface area contributed by atoms with Crippen LogP contribution in [0.3, 0.4) is 0 Å². The molecule has 0 aromatic carbocycles. The topological polar surface area (TPSA) is 37.4 Å². The largest absolute Gasteiger partial charge is 0.216 e. The Kier molecular flexibility index (Phi) is 2.36. The predicted molar refractivity (Wildman–Crippen MR) is 51.9 cm³/mol. The van der Waals surface area contributed by atoms with Crippen LogP contribution in [0.4, 0.5) is 0 Å². The highest BCUT2D eigenvalue weighted by Crippen LogP contribution is 2.32. The first-order chi connectivity index (χ1) is 6.10. The molecule has 0 N–H and O–H groups in total. The lowest BCUT2D eigenvalue weighted by Gasteiger charge is -2.29. The van der Waals surface area contributed by atoms with Gasteiger partial charge in [-0.25, -0.2) is 12.7 Å². The van der Waals surface area contributed by atoms with Crippen LogP contribution < -0.4 is 0 Å². The predicted octanol–water partition coefficient (Wildman–Crippen LogP) is 1.21. The minimum atomic E-state index is -2.89. The van der Waals surface area contributed by atoms with E-state index in [2.05, 4.69) is 6.92 Å². The quantitative estimate of drug-likeness (QED) is 0.676. The maximum Gasteiger partial charge on any atom is 0.216 e. The molecule has 2 aliphatic rings. The fourth-order valence-electron chi connectivity index (χ4n) is 1.95. The molecule has 4 heteroatoms. The molecule has 0 amide bonds. The van der Waals surface area contributed by atoms with Crippen LogP contribution in [0.15, 0.2) is 0 Å². The zero-order valence-corrected chi connectivity index (χ0v) is 8.89. The Bertz CT molecular complexity index is 282. The Balaban J connectivity index is 2.06. The molecule has 0 bridgehead atoms. The van der Waals surface area contributed by atoms with Gasteiger partial charge in [-0.05, 0) is 31.6 Å². The zero-order chi connectivity index (χ0) is 9.47. The van der Waals surface area contributed by atoms with Crippen LogP contribution >= 0.6 is 0 Å². The highest BCUT2D eigenvalue weighted by atomic mass is 32.2. The first-order valence-electron chi connectivity index (χ1n) is 5.09. The normalized spacial score (nSPS) is 31.9. The van der Waals surface area contributed by atoms with Gasteiger partial charge in [0.15, 0.2) is 0 Å². The van der Waals surface area contributed by atoms with Crippen molar-refractivity contribution < 1.29 is 8.42 Å². The van der Waals surface area contributed by atoms with Gasteiger partial charge in [0.1, 0.15) is 0 Å². The summed E-state index contributed by atoms with van der Waals surface area (Å²) in [6, 6.07) is 0. The van der Waals surface area contributed by atoms with Crippen molar-refractivity contribution in [3.8, 4) is 0 Å². The van der Waals surface area contributed by atoms with E-state index in [9.17, 15) is 8.42 Å². The average Bonchev–Trinajstić information content (AvgIpc) is 2.86. The first kappa shape index (κ1) is 9.46. The van der Waals surface area contributed by atoms with Crippen LogP contribution in [0.2, 0.25) is 0 Å². The molecule has 0 unspecified atom stereocenters. The van der Waals surface area contributed by atoms with Crippen LogP contribution in [-0.2, 0) is 10.0 Å². The maximum absolute atomic E-state index is 11.8. The molecule has 0 radical (unpaired) electrons. The van der Waals surface area contributed by atoms with E-state index in [1.807, 2.05) is 0 Å². The minimum Gasteiger partial charge on any atom is -0.212 e. The molecule has 0 aromatic rings. The third kappa shape index (κ3) is 1.89. The molecule has 1 saturated carbocycles. The van der Waals surface area contributed by atoms with Crippen molar-refractivity contribution in [2.75, 3.05) is 13.1 Å². The average molecular weight is 203 g/mol. The minimum absolute atomic E-state index is 0.0298. The number of rotatable bonds is 2. The molecule has 0 spiro atoms. The van der Waals surface area contributed by atoms with Crippen molar-refractivity contribution in [3.05, 3.63) is 0 Å². The summed E-state index contributed by atoms with van der Waals surface area (Å²) in [6.45, 7) is 3.64. The van der Waals surface area contributed by atoms with E-state index < -0.39 is 10.0 Å². The molecule has 2 rings (SSSR count). The summed E-state index contributed by atoms with van der Waals surface area (Å²) < 4.78 is 25.3. The number of sulfonamides is 1. The number of hydrogen-bond acceptors (Lipinski definition) is 2. The lowest BCUT2D eigenvalue weighted by molar-refractivity contribution is 0.281. The highest BCUT2D eigenvalue weighted by Gasteiger charge is 2.40. The summed E-state index contributed by atoms with van der Waals surface area (Å²) in [6.07, 6.45) is 3.98. The molecule has 1 aliphatic heterocycles. The van der Waals surface area contributed by atoms with E-state index in [-0.39, 0.29) is 5.25 Å². The molecule has 1 saturated heterocycles. The highest BCUT2D eigenvalue weighted by molar-refractivity contribution is 7.90. The molecular weight excluding hydrogens is 186 g/mol. The van der Waals surface area contributed by atoms with Crippen molar-refractivity contribution >= 4 is 10.0 Å². The molecule has 1 aliphatic carbocycles. The van der Waals surface area contributed by atoms with Gasteiger partial charge in [-0.1, -0.05) is 6.92 Å². The fourth-order valence-corrected chi connectivity index (χ4v) is 3.95. The van der Waals surface area contributed by atoms with Gasteiger partial charge in [-0.3, -0.25) is 0 Å². The summed E-state index contributed by atoms with van der Waals surface area (Å²) in [4.78, 5) is 0. The van der Waals surface area contributed by atoms with Gasteiger partial charge in [-0.15, -0.1) is 0 Å². The lowest BCUT2D eigenvalue weighted by atomic mass is 10.0. The molecule has 0 aromatic heterocycles. The summed E-state index contributed by atoms with van der Waals surface area (Å²) in [5.74, 6) is 0.544. The molecule has 1 atom stereocenters. The third-order valence-electron chi connectivity index (χ3n) is 2.93. The second kappa shape index (κ2) is 3.24. The van der Waals surface area contributed by atoms with Gasteiger partial charge in [0, 0.05) is 13.1 Å². The maximum atomic E-state index is 11.8. The fraction of sp³-hybridized carbons (Fsp3) is 1.00. The Hall–Kier alpha value is -0.0900. The number of piperidine rings is 1. The Morgan fingerprint density at radius 2 is 1.92 bits per heavy atom. The van der Waals surface area contributed by atoms with E-state index in [0.29, 0.717) is 5.92 Å². The summed E-state index contributed by atoms with van der Waals surface area (Å²) in [5, 5.41) is -0.0298. The third-order valence-corrected chi connectivity index (χ3v) is 5.29. The summed E-state index contributed by atoms with van der Waals surface area (Å²) >= 11 is 0. The van der Waals surface area contributed by atoms with E-state index in [1.165, 1.54) is 6.42 Å². The summed E-state index contributed by atoms with van der Waals surface area (Å²) in [7, 11) is -2.89. The van der Waals surface area contributed by atoms with Crippen molar-refractivity contribution in [2.24, 2.45) is 5.92 Å². The second-order valence-corrected chi connectivity index (χ2v) is 6.56. The monoisotopic (exact) mass is 203 g/mol. The first-order valence-corrected chi connectivity index (χ1v) is 6.60. The van der Waals surface area contributed by atoms with Gasteiger partial charge in [-0.2, -0.15) is 0 Å². The van der Waals surface area contributed by atoms with E-state index in [4.69, 9.17) is 0 Å². The SMILES string of the molecule is C[C@@H]1CCCN(S(=O)(=O)C2CC2)C1. The van der Waals surface area contributed by atoms with Gasteiger partial charge < -0.3 is 0 Å². The van der Waals surface area contributed by atoms with Crippen LogP contribution in [-0.4, -0.2) is 31.1 Å². The number of nitrogens with zero attached hydrogens (tertiary/aromatic N) is 1. The van der Waals surface area contributed by atoms with Crippen molar-refractivity contribution in [1.82, 2.24) is 4.31 Å². The molecule has 13 heavy (non-hydrogen) atoms. The molecule has 2 fully saturated rings. The van der Waals surface area contributed by atoms with Crippen molar-refractivity contribution in [1.29, 1.82) is 0 Å². The van der Waals surface area contributed by atoms with Gasteiger partial charge in [0.05, 0.1) is 5.25 Å². The van der Waals surface area contributed by atoms with Crippen LogP contribution in [0, 0.1) is 5.92 Å². The Morgan fingerprint density at radius 3 is 2.46 bits per heavy atom. The lowest BCUT2D eigenvalue weighted by Crippen LogP contribution is -2.40. The van der Waals surface area contributed by atoms with Crippen molar-refractivity contribution in [2.45, 2.75) is 37.9 Å². The van der Waals surface area contributed by atoms with Gasteiger partial charge in [0.2, 0.25) is 10.0 Å². The molecular formula is C9H17NO2S. The van der Waals surface area contributed by atoms with Crippen LogP contribution in [0.25, 0.3) is 0 Å². The van der Waals surface area contributed by atoms with Crippen molar-refractivity contribution in [3.63, 3.8) is 0 Å². The second-order valence-electron chi connectivity index (χ2n) is 4.35. The van der Waals surface area contributed by atoms with Gasteiger partial charge >= 0.3 is 0 Å².